The van der Waals surface area contributed by atoms with Gasteiger partial charge in [-0.05, 0) is 49.6 Å². The van der Waals surface area contributed by atoms with Crippen LogP contribution in [0.15, 0.2) is 65.3 Å². The summed E-state index contributed by atoms with van der Waals surface area (Å²) in [6.07, 6.45) is 3.11. The number of aromatic nitrogens is 2. The number of ketones is 2. The van der Waals surface area contributed by atoms with Crippen LogP contribution in [0.2, 0.25) is 0 Å². The molecule has 1 heterocycles. The highest BCUT2D eigenvalue weighted by molar-refractivity contribution is 6.01. The van der Waals surface area contributed by atoms with E-state index in [2.05, 4.69) is 10.2 Å². The van der Waals surface area contributed by atoms with Gasteiger partial charge in [0, 0.05) is 18.9 Å². The number of carbonyl (C=O) groups is 2. The van der Waals surface area contributed by atoms with Crippen molar-refractivity contribution in [3.8, 4) is 11.6 Å². The fraction of sp³-hybridized carbons (Fsp3) is 0.238. The monoisotopic (exact) mass is 348 g/mol. The predicted molar refractivity (Wildman–Crippen MR) is 98.2 cm³/mol. The SMILES string of the molecule is CC1=CC(C)=C(CCC(=O)c2ccc(Oc3ccccc3)nn2)C(=O)C1. The van der Waals surface area contributed by atoms with E-state index in [4.69, 9.17) is 4.74 Å². The normalized spacial score (nSPS) is 14.2. The molecule has 0 bridgehead atoms. The summed E-state index contributed by atoms with van der Waals surface area (Å²) in [5.41, 5.74) is 3.02. The van der Waals surface area contributed by atoms with Crippen LogP contribution in [0.3, 0.4) is 0 Å². The molecule has 5 nitrogen and oxygen atoms in total. The summed E-state index contributed by atoms with van der Waals surface area (Å²) in [5, 5.41) is 7.90. The zero-order valence-electron chi connectivity index (χ0n) is 14.9. The summed E-state index contributed by atoms with van der Waals surface area (Å²) in [6, 6.07) is 12.5. The van der Waals surface area contributed by atoms with Crippen molar-refractivity contribution < 1.29 is 14.3 Å². The van der Waals surface area contributed by atoms with Gasteiger partial charge in [-0.25, -0.2) is 0 Å². The third-order valence-corrected chi connectivity index (χ3v) is 4.21. The maximum atomic E-state index is 12.3. The van der Waals surface area contributed by atoms with Gasteiger partial charge in [-0.3, -0.25) is 9.59 Å². The summed E-state index contributed by atoms with van der Waals surface area (Å²) in [4.78, 5) is 24.5. The van der Waals surface area contributed by atoms with Crippen molar-refractivity contribution in [2.24, 2.45) is 0 Å². The first-order valence-corrected chi connectivity index (χ1v) is 8.53. The van der Waals surface area contributed by atoms with Gasteiger partial charge < -0.3 is 4.74 Å². The Hall–Kier alpha value is -3.08. The van der Waals surface area contributed by atoms with Crippen LogP contribution in [0, 0.1) is 0 Å². The third-order valence-electron chi connectivity index (χ3n) is 4.21. The van der Waals surface area contributed by atoms with Gasteiger partial charge in [-0.2, -0.15) is 0 Å². The van der Waals surface area contributed by atoms with Gasteiger partial charge in [0.1, 0.15) is 11.4 Å². The molecule has 0 aliphatic heterocycles. The molecule has 0 saturated carbocycles. The van der Waals surface area contributed by atoms with Crippen molar-refractivity contribution in [1.82, 2.24) is 10.2 Å². The predicted octanol–water partition coefficient (Wildman–Crippen LogP) is 4.47. The molecule has 0 fully saturated rings. The summed E-state index contributed by atoms with van der Waals surface area (Å²) >= 11 is 0. The Labute approximate surface area is 152 Å². The molecule has 0 spiro atoms. The van der Waals surface area contributed by atoms with E-state index in [-0.39, 0.29) is 23.7 Å². The van der Waals surface area contributed by atoms with Crippen LogP contribution in [0.5, 0.6) is 11.6 Å². The van der Waals surface area contributed by atoms with E-state index in [0.717, 1.165) is 16.7 Å². The Morgan fingerprint density at radius 2 is 1.85 bits per heavy atom. The van der Waals surface area contributed by atoms with Crippen LogP contribution < -0.4 is 4.74 Å². The van der Waals surface area contributed by atoms with Crippen molar-refractivity contribution >= 4 is 11.6 Å². The second kappa shape index (κ2) is 7.87. The topological polar surface area (TPSA) is 69.2 Å². The number of benzene rings is 1. The van der Waals surface area contributed by atoms with Crippen molar-refractivity contribution in [1.29, 1.82) is 0 Å². The molecule has 0 radical (unpaired) electrons. The first-order chi connectivity index (χ1) is 12.5. The Balaban J connectivity index is 1.62. The van der Waals surface area contributed by atoms with Gasteiger partial charge in [-0.15, -0.1) is 10.2 Å². The molecule has 1 aliphatic rings. The number of rotatable bonds is 6. The summed E-state index contributed by atoms with van der Waals surface area (Å²) in [5.74, 6) is 0.952. The van der Waals surface area contributed by atoms with Crippen molar-refractivity contribution in [3.63, 3.8) is 0 Å². The van der Waals surface area contributed by atoms with Gasteiger partial charge in [0.05, 0.1) is 0 Å². The lowest BCUT2D eigenvalue weighted by Crippen LogP contribution is -2.12. The van der Waals surface area contributed by atoms with Gasteiger partial charge in [0.25, 0.3) is 0 Å². The van der Waals surface area contributed by atoms with E-state index in [1.165, 1.54) is 0 Å². The lowest BCUT2D eigenvalue weighted by atomic mass is 9.89. The van der Waals surface area contributed by atoms with Gasteiger partial charge in [0.2, 0.25) is 5.88 Å². The number of Topliss-reactive ketones (excluding diaryl/α,β-unsaturated/α-hetero) is 2. The standard InChI is InChI=1S/C21H20N2O3/c1-14-12-15(2)17(20(25)13-14)8-10-19(24)18-9-11-21(23-22-18)26-16-6-4-3-5-7-16/h3-7,9,11-12H,8,10,13H2,1-2H3. The summed E-state index contributed by atoms with van der Waals surface area (Å²) in [7, 11) is 0. The fourth-order valence-corrected chi connectivity index (χ4v) is 2.92. The zero-order chi connectivity index (χ0) is 18.5. The van der Waals surface area contributed by atoms with Crippen molar-refractivity contribution in [2.75, 3.05) is 0 Å². The van der Waals surface area contributed by atoms with E-state index < -0.39 is 0 Å². The van der Waals surface area contributed by atoms with Gasteiger partial charge in [-0.1, -0.05) is 29.8 Å². The minimum atomic E-state index is -0.136. The Morgan fingerprint density at radius 3 is 2.50 bits per heavy atom. The molecule has 0 N–H and O–H groups in total. The molecule has 0 atom stereocenters. The van der Waals surface area contributed by atoms with Gasteiger partial charge >= 0.3 is 0 Å². The first-order valence-electron chi connectivity index (χ1n) is 8.53. The van der Waals surface area contributed by atoms with E-state index in [9.17, 15) is 9.59 Å². The fourth-order valence-electron chi connectivity index (χ4n) is 2.92. The molecule has 5 heteroatoms. The second-order valence-electron chi connectivity index (χ2n) is 6.35. The Morgan fingerprint density at radius 1 is 1.08 bits per heavy atom. The number of hydrogen-bond donors (Lipinski definition) is 0. The summed E-state index contributed by atoms with van der Waals surface area (Å²) in [6.45, 7) is 3.86. The number of para-hydroxylation sites is 1. The van der Waals surface area contributed by atoms with Crippen LogP contribution in [-0.4, -0.2) is 21.8 Å². The quantitative estimate of drug-likeness (QED) is 0.721. The maximum Gasteiger partial charge on any atom is 0.238 e. The minimum absolute atomic E-state index is 0.105. The lowest BCUT2D eigenvalue weighted by molar-refractivity contribution is -0.115. The number of hydrogen-bond acceptors (Lipinski definition) is 5. The Bertz CT molecular complexity index is 881. The highest BCUT2D eigenvalue weighted by Crippen LogP contribution is 2.24. The molecular weight excluding hydrogens is 328 g/mol. The molecular formula is C21H20N2O3. The van der Waals surface area contributed by atoms with Crippen LogP contribution >= 0.6 is 0 Å². The average molecular weight is 348 g/mol. The molecule has 132 valence electrons. The number of carbonyl (C=O) groups excluding carboxylic acids is 2. The number of allylic oxidation sites excluding steroid dienone is 4. The van der Waals surface area contributed by atoms with Crippen molar-refractivity contribution in [2.45, 2.75) is 33.1 Å². The molecule has 26 heavy (non-hydrogen) atoms. The molecule has 1 aromatic heterocycles. The maximum absolute atomic E-state index is 12.3. The number of nitrogens with zero attached hydrogens (tertiary/aromatic N) is 2. The molecule has 0 saturated heterocycles. The zero-order valence-corrected chi connectivity index (χ0v) is 14.9. The van der Waals surface area contributed by atoms with Crippen LogP contribution in [0.4, 0.5) is 0 Å². The largest absolute Gasteiger partial charge is 0.438 e. The van der Waals surface area contributed by atoms with E-state index in [0.29, 0.717) is 24.5 Å². The molecule has 0 amide bonds. The highest BCUT2D eigenvalue weighted by Gasteiger charge is 2.19. The molecule has 3 rings (SSSR count). The van der Waals surface area contributed by atoms with E-state index >= 15 is 0 Å². The van der Waals surface area contributed by atoms with Crippen molar-refractivity contribution in [3.05, 3.63) is 71.0 Å². The smallest absolute Gasteiger partial charge is 0.238 e. The number of ether oxygens (including phenoxy) is 1. The molecule has 2 aromatic rings. The summed E-state index contributed by atoms with van der Waals surface area (Å²) < 4.78 is 5.56. The minimum Gasteiger partial charge on any atom is -0.438 e. The van der Waals surface area contributed by atoms with Crippen LogP contribution in [0.25, 0.3) is 0 Å². The first kappa shape index (κ1) is 17.7. The third kappa shape index (κ3) is 4.30. The van der Waals surface area contributed by atoms with E-state index in [1.807, 2.05) is 50.3 Å². The molecule has 1 aromatic carbocycles. The molecule has 0 unspecified atom stereocenters. The highest BCUT2D eigenvalue weighted by atomic mass is 16.5. The second-order valence-corrected chi connectivity index (χ2v) is 6.35. The van der Waals surface area contributed by atoms with E-state index in [1.54, 1.807) is 12.1 Å². The van der Waals surface area contributed by atoms with Gasteiger partial charge in [0.15, 0.2) is 11.6 Å². The lowest BCUT2D eigenvalue weighted by Gasteiger charge is -2.14. The van der Waals surface area contributed by atoms with Crippen LogP contribution in [0.1, 0.15) is 43.6 Å². The average Bonchev–Trinajstić information content (AvgIpc) is 2.62. The van der Waals surface area contributed by atoms with Crippen LogP contribution in [-0.2, 0) is 4.79 Å². The Kier molecular flexibility index (Phi) is 5.37. The molecule has 1 aliphatic carbocycles.